The Morgan fingerprint density at radius 2 is 1.88 bits per heavy atom. The van der Waals surface area contributed by atoms with Gasteiger partial charge in [-0.2, -0.15) is 0 Å². The van der Waals surface area contributed by atoms with Crippen LogP contribution in [0.4, 0.5) is 0 Å². The Bertz CT molecular complexity index is 604. The van der Waals surface area contributed by atoms with Crippen molar-refractivity contribution in [3.05, 3.63) is 16.1 Å². The summed E-state index contributed by atoms with van der Waals surface area (Å²) in [5.41, 5.74) is 1.24. The molecular weight excluding hydrogens is 352 g/mol. The first-order valence-electron chi connectivity index (χ1n) is 9.10. The van der Waals surface area contributed by atoms with Crippen LogP contribution in [0.1, 0.15) is 38.4 Å². The van der Waals surface area contributed by atoms with Crippen molar-refractivity contribution >= 4 is 23.2 Å². The van der Waals surface area contributed by atoms with E-state index in [1.165, 1.54) is 0 Å². The lowest BCUT2D eigenvalue weighted by Gasteiger charge is -2.33. The zero-order valence-electron chi connectivity index (χ0n) is 16.2. The lowest BCUT2D eigenvalue weighted by atomic mass is 9.93. The maximum absolute atomic E-state index is 11.9. The predicted octanol–water partition coefficient (Wildman–Crippen LogP) is 1.24. The Morgan fingerprint density at radius 3 is 2.46 bits per heavy atom. The number of hydrogen-bond donors (Lipinski definition) is 1. The number of ether oxygens (including phenoxy) is 1. The molecule has 146 valence electrons. The van der Waals surface area contributed by atoms with Gasteiger partial charge in [-0.05, 0) is 6.92 Å². The van der Waals surface area contributed by atoms with E-state index in [1.54, 1.807) is 18.3 Å². The molecule has 0 unspecified atom stereocenters. The number of piperazine rings is 1. The van der Waals surface area contributed by atoms with Crippen LogP contribution >= 0.6 is 11.3 Å². The average Bonchev–Trinajstić information content (AvgIpc) is 3.04. The highest BCUT2D eigenvalue weighted by molar-refractivity contribution is 7.09. The van der Waals surface area contributed by atoms with E-state index >= 15 is 0 Å². The number of aromatic nitrogens is 1. The molecule has 2 rings (SSSR count). The molecule has 1 aromatic heterocycles. The fraction of sp³-hybridized carbons (Fsp3) is 0.722. The zero-order valence-corrected chi connectivity index (χ0v) is 17.0. The number of thiazole rings is 1. The van der Waals surface area contributed by atoms with E-state index in [0.29, 0.717) is 13.2 Å². The number of esters is 1. The van der Waals surface area contributed by atoms with Gasteiger partial charge in [0, 0.05) is 37.0 Å². The molecule has 1 aliphatic rings. The van der Waals surface area contributed by atoms with E-state index in [0.717, 1.165) is 43.4 Å². The largest absolute Gasteiger partial charge is 0.465 e. The van der Waals surface area contributed by atoms with Crippen molar-refractivity contribution < 1.29 is 14.3 Å². The summed E-state index contributed by atoms with van der Waals surface area (Å²) in [5.74, 6) is -0.537. The highest BCUT2D eigenvalue weighted by atomic mass is 32.1. The van der Waals surface area contributed by atoms with Gasteiger partial charge >= 0.3 is 5.97 Å². The van der Waals surface area contributed by atoms with Crippen LogP contribution in [-0.2, 0) is 26.3 Å². The van der Waals surface area contributed by atoms with Crippen LogP contribution < -0.4 is 5.32 Å². The monoisotopic (exact) mass is 382 g/mol. The van der Waals surface area contributed by atoms with Crippen LogP contribution in [0.15, 0.2) is 5.38 Å². The van der Waals surface area contributed by atoms with Crippen LogP contribution in [-0.4, -0.2) is 72.5 Å². The van der Waals surface area contributed by atoms with Gasteiger partial charge in [0.25, 0.3) is 0 Å². The van der Waals surface area contributed by atoms with E-state index in [4.69, 9.17) is 9.72 Å². The molecule has 0 bridgehead atoms. The lowest BCUT2D eigenvalue weighted by molar-refractivity contribution is -0.143. The molecule has 1 saturated heterocycles. The molecule has 8 heteroatoms. The van der Waals surface area contributed by atoms with Gasteiger partial charge in [-0.15, -0.1) is 11.3 Å². The molecule has 0 radical (unpaired) electrons. The van der Waals surface area contributed by atoms with Crippen molar-refractivity contribution in [2.24, 2.45) is 0 Å². The number of hydrogen-bond acceptors (Lipinski definition) is 7. The van der Waals surface area contributed by atoms with Crippen LogP contribution in [0.2, 0.25) is 0 Å². The van der Waals surface area contributed by atoms with Gasteiger partial charge in [-0.1, -0.05) is 20.8 Å². The number of nitrogens with zero attached hydrogens (tertiary/aromatic N) is 3. The van der Waals surface area contributed by atoms with Gasteiger partial charge in [0.2, 0.25) is 5.91 Å². The van der Waals surface area contributed by atoms with Gasteiger partial charge < -0.3 is 10.1 Å². The Balaban J connectivity index is 1.69. The quantitative estimate of drug-likeness (QED) is 0.715. The summed E-state index contributed by atoms with van der Waals surface area (Å²) < 4.78 is 4.80. The number of rotatable bonds is 7. The zero-order chi connectivity index (χ0) is 19.2. The minimum Gasteiger partial charge on any atom is -0.465 e. The normalized spacial score (nSPS) is 16.5. The minimum atomic E-state index is -0.399. The third-order valence-corrected chi connectivity index (χ3v) is 5.08. The molecular formula is C18H30N4O3S. The molecule has 1 N–H and O–H groups in total. The van der Waals surface area contributed by atoms with Gasteiger partial charge in [0.05, 0.1) is 25.4 Å². The molecule has 0 aliphatic carbocycles. The number of amides is 1. The summed E-state index contributed by atoms with van der Waals surface area (Å²) >= 11 is 1.72. The fourth-order valence-corrected chi connectivity index (χ4v) is 3.73. The predicted molar refractivity (Wildman–Crippen MR) is 102 cm³/mol. The third-order valence-electron chi connectivity index (χ3n) is 4.25. The highest BCUT2D eigenvalue weighted by Gasteiger charge is 2.22. The van der Waals surface area contributed by atoms with E-state index in [9.17, 15) is 9.59 Å². The summed E-state index contributed by atoms with van der Waals surface area (Å²) in [6.07, 6.45) is 0. The van der Waals surface area contributed by atoms with Gasteiger partial charge in [0.15, 0.2) is 0 Å². The summed E-state index contributed by atoms with van der Waals surface area (Å²) in [6, 6.07) is 0. The molecule has 26 heavy (non-hydrogen) atoms. The van der Waals surface area contributed by atoms with E-state index in [2.05, 4.69) is 41.3 Å². The average molecular weight is 383 g/mol. The van der Waals surface area contributed by atoms with Crippen LogP contribution in [0.5, 0.6) is 0 Å². The fourth-order valence-electron chi connectivity index (χ4n) is 2.67. The van der Waals surface area contributed by atoms with Crippen LogP contribution in [0.3, 0.4) is 0 Å². The topological polar surface area (TPSA) is 74.8 Å². The minimum absolute atomic E-state index is 0.0627. The number of carbonyl (C=O) groups is 2. The summed E-state index contributed by atoms with van der Waals surface area (Å²) in [4.78, 5) is 32.4. The van der Waals surface area contributed by atoms with Crippen molar-refractivity contribution in [3.63, 3.8) is 0 Å². The molecule has 1 aliphatic heterocycles. The van der Waals surface area contributed by atoms with Crippen molar-refractivity contribution in [2.75, 3.05) is 45.9 Å². The van der Waals surface area contributed by atoms with Crippen molar-refractivity contribution in [1.29, 1.82) is 0 Å². The highest BCUT2D eigenvalue weighted by Crippen LogP contribution is 2.24. The van der Waals surface area contributed by atoms with Crippen molar-refractivity contribution in [2.45, 2.75) is 39.7 Å². The maximum Gasteiger partial charge on any atom is 0.325 e. The number of nitrogens with one attached hydrogen (secondary N) is 1. The Hall–Kier alpha value is -1.51. The first kappa shape index (κ1) is 20.8. The molecule has 1 aromatic rings. The van der Waals surface area contributed by atoms with E-state index in [1.807, 2.05) is 0 Å². The molecule has 0 saturated carbocycles. The summed E-state index contributed by atoms with van der Waals surface area (Å²) in [7, 11) is 0. The molecule has 7 nitrogen and oxygen atoms in total. The number of carbonyl (C=O) groups excluding carboxylic acids is 2. The van der Waals surface area contributed by atoms with Crippen molar-refractivity contribution in [3.8, 4) is 0 Å². The Labute approximate surface area is 159 Å². The van der Waals surface area contributed by atoms with Gasteiger partial charge in [-0.25, -0.2) is 4.98 Å². The van der Waals surface area contributed by atoms with Crippen LogP contribution in [0, 0.1) is 0 Å². The van der Waals surface area contributed by atoms with E-state index in [-0.39, 0.29) is 17.9 Å². The Morgan fingerprint density at radius 1 is 1.23 bits per heavy atom. The first-order valence-corrected chi connectivity index (χ1v) is 9.98. The smallest absolute Gasteiger partial charge is 0.325 e. The summed E-state index contributed by atoms with van der Waals surface area (Å²) in [6.45, 7) is 13.2. The Kier molecular flexibility index (Phi) is 7.55. The molecule has 0 aromatic carbocycles. The van der Waals surface area contributed by atoms with E-state index < -0.39 is 5.97 Å². The molecule has 0 atom stereocenters. The molecule has 1 fully saturated rings. The lowest BCUT2D eigenvalue weighted by Crippen LogP contribution is -2.49. The van der Waals surface area contributed by atoms with Crippen molar-refractivity contribution in [1.82, 2.24) is 20.1 Å². The molecule has 2 heterocycles. The SMILES string of the molecule is CCOC(=O)CNC(=O)CN1CCN(Cc2nc(C(C)(C)C)cs2)CC1. The van der Waals surface area contributed by atoms with Gasteiger partial charge in [0.1, 0.15) is 11.6 Å². The first-order chi connectivity index (χ1) is 12.3. The second kappa shape index (κ2) is 9.43. The second-order valence-electron chi connectivity index (χ2n) is 7.51. The standard InChI is InChI=1S/C18H30N4O3S/c1-5-25-17(24)10-19-15(23)11-21-6-8-22(9-7-21)12-16-20-14(13-26-16)18(2,3)4/h13H,5-12H2,1-4H3,(H,19,23). The van der Waals surface area contributed by atoms with Gasteiger partial charge in [-0.3, -0.25) is 19.4 Å². The molecule has 1 amide bonds. The van der Waals surface area contributed by atoms with Crippen LogP contribution in [0.25, 0.3) is 0 Å². The third kappa shape index (κ3) is 6.66. The maximum atomic E-state index is 11.9. The summed E-state index contributed by atoms with van der Waals surface area (Å²) in [5, 5.41) is 5.91. The second-order valence-corrected chi connectivity index (χ2v) is 8.45. The molecule has 0 spiro atoms.